The molecule has 0 fully saturated rings. The number of para-hydroxylation sites is 1. The Hall–Kier alpha value is -3.09. The number of ether oxygens (including phenoxy) is 3. The number of benzene rings is 1. The monoisotopic (exact) mass is 361 g/mol. The molecule has 0 aliphatic heterocycles. The van der Waals surface area contributed by atoms with Gasteiger partial charge in [0.15, 0.2) is 0 Å². The second kappa shape index (κ2) is 10.7. The van der Waals surface area contributed by atoms with E-state index in [2.05, 4.69) is 0 Å². The lowest BCUT2D eigenvalue weighted by molar-refractivity contribution is -0.138. The zero-order valence-electron chi connectivity index (χ0n) is 15.4. The van der Waals surface area contributed by atoms with Gasteiger partial charge < -0.3 is 19.1 Å². The van der Waals surface area contributed by atoms with E-state index < -0.39 is 18.0 Å². The highest BCUT2D eigenvalue weighted by molar-refractivity contribution is 5.90. The molecule has 0 bridgehead atoms. The van der Waals surface area contributed by atoms with Gasteiger partial charge in [0.1, 0.15) is 5.75 Å². The molecule has 140 valence electrons. The van der Waals surface area contributed by atoms with Crippen molar-refractivity contribution in [2.24, 2.45) is 0 Å². The third-order valence-electron chi connectivity index (χ3n) is 3.00. The highest BCUT2D eigenvalue weighted by atomic mass is 16.6. The molecule has 1 aromatic carbocycles. The largest absolute Gasteiger partial charge is 0.463 e. The molecular weight excluding hydrogens is 338 g/mol. The van der Waals surface area contributed by atoms with E-state index in [1.807, 2.05) is 0 Å². The van der Waals surface area contributed by atoms with Crippen LogP contribution in [0, 0.1) is 0 Å². The van der Waals surface area contributed by atoms with Crippen LogP contribution in [0.15, 0.2) is 30.4 Å². The van der Waals surface area contributed by atoms with Crippen molar-refractivity contribution in [3.8, 4) is 5.75 Å². The molecular formula is C19H23NO6. The molecule has 1 rings (SSSR count). The number of nitrogens with zero attached hydrogens (tertiary/aromatic N) is 1. The van der Waals surface area contributed by atoms with Gasteiger partial charge in [-0.15, -0.1) is 0 Å². The Bertz CT molecular complexity index is 660. The molecule has 0 aliphatic rings. The fraction of sp³-hybridized carbons (Fsp3) is 0.316. The van der Waals surface area contributed by atoms with E-state index in [4.69, 9.17) is 14.2 Å². The van der Waals surface area contributed by atoms with E-state index in [9.17, 15) is 14.4 Å². The van der Waals surface area contributed by atoms with Crippen LogP contribution < -0.4 is 4.74 Å². The second-order valence-electron chi connectivity index (χ2n) is 5.20. The topological polar surface area (TPSA) is 82.1 Å². The van der Waals surface area contributed by atoms with Crippen LogP contribution in [-0.2, 0) is 19.1 Å². The van der Waals surface area contributed by atoms with Crippen molar-refractivity contribution in [1.29, 1.82) is 0 Å². The van der Waals surface area contributed by atoms with Gasteiger partial charge in [0, 0.05) is 37.4 Å². The van der Waals surface area contributed by atoms with Gasteiger partial charge in [0.25, 0.3) is 0 Å². The minimum absolute atomic E-state index is 0.215. The van der Waals surface area contributed by atoms with Crippen molar-refractivity contribution in [3.05, 3.63) is 41.5 Å². The van der Waals surface area contributed by atoms with Crippen LogP contribution in [0.2, 0.25) is 0 Å². The summed E-state index contributed by atoms with van der Waals surface area (Å²) in [7, 11) is 3.10. The summed E-state index contributed by atoms with van der Waals surface area (Å²) in [5.41, 5.74) is 0.971. The molecule has 0 saturated carbocycles. The SMILES string of the molecule is CCOC(=O)/C=C/c1cccc(/C=C/C(=O)OCC)c1OC(=O)N(C)C. The first-order chi connectivity index (χ1) is 12.4. The van der Waals surface area contributed by atoms with Crippen LogP contribution in [0.5, 0.6) is 5.75 Å². The third-order valence-corrected chi connectivity index (χ3v) is 3.00. The summed E-state index contributed by atoms with van der Waals surface area (Å²) in [4.78, 5) is 36.3. The number of rotatable bonds is 7. The zero-order valence-corrected chi connectivity index (χ0v) is 15.4. The molecule has 1 amide bonds. The highest BCUT2D eigenvalue weighted by Gasteiger charge is 2.13. The Morgan fingerprint density at radius 2 is 1.38 bits per heavy atom. The van der Waals surface area contributed by atoms with Crippen LogP contribution in [-0.4, -0.2) is 50.2 Å². The molecule has 7 nitrogen and oxygen atoms in total. The summed E-state index contributed by atoms with van der Waals surface area (Å²) in [5.74, 6) is -0.804. The van der Waals surface area contributed by atoms with E-state index in [0.29, 0.717) is 11.1 Å². The second-order valence-corrected chi connectivity index (χ2v) is 5.20. The van der Waals surface area contributed by atoms with Crippen LogP contribution in [0.3, 0.4) is 0 Å². The Morgan fingerprint density at radius 1 is 0.923 bits per heavy atom. The number of carbonyl (C=O) groups excluding carboxylic acids is 3. The van der Waals surface area contributed by atoms with Crippen molar-refractivity contribution in [2.45, 2.75) is 13.8 Å². The molecule has 26 heavy (non-hydrogen) atoms. The van der Waals surface area contributed by atoms with E-state index in [1.165, 1.54) is 29.2 Å². The van der Waals surface area contributed by atoms with Gasteiger partial charge in [0.2, 0.25) is 0 Å². The first kappa shape index (κ1) is 21.0. The van der Waals surface area contributed by atoms with Crippen LogP contribution >= 0.6 is 0 Å². The third kappa shape index (κ3) is 6.80. The van der Waals surface area contributed by atoms with Crippen molar-refractivity contribution in [2.75, 3.05) is 27.3 Å². The average Bonchev–Trinajstić information content (AvgIpc) is 2.59. The minimum atomic E-state index is -0.590. The molecule has 0 N–H and O–H groups in total. The van der Waals surface area contributed by atoms with Crippen molar-refractivity contribution < 1.29 is 28.6 Å². The normalized spacial score (nSPS) is 10.8. The minimum Gasteiger partial charge on any atom is -0.463 e. The van der Waals surface area contributed by atoms with Gasteiger partial charge in [-0.05, 0) is 26.0 Å². The summed E-state index contributed by atoms with van der Waals surface area (Å²) in [6, 6.07) is 5.06. The summed E-state index contributed by atoms with van der Waals surface area (Å²) in [6.45, 7) is 3.93. The number of hydrogen-bond donors (Lipinski definition) is 0. The summed E-state index contributed by atoms with van der Waals surface area (Å²) < 4.78 is 15.1. The Morgan fingerprint density at radius 3 is 1.77 bits per heavy atom. The maximum atomic E-state index is 12.0. The summed E-state index contributed by atoms with van der Waals surface area (Å²) >= 11 is 0. The van der Waals surface area contributed by atoms with Gasteiger partial charge >= 0.3 is 18.0 Å². The number of esters is 2. The quantitative estimate of drug-likeness (QED) is 0.549. The first-order valence-corrected chi connectivity index (χ1v) is 8.10. The number of amides is 1. The van der Waals surface area contributed by atoms with Crippen LogP contribution in [0.1, 0.15) is 25.0 Å². The van der Waals surface area contributed by atoms with Crippen molar-refractivity contribution in [3.63, 3.8) is 0 Å². The Kier molecular flexibility index (Phi) is 8.63. The molecule has 7 heteroatoms. The molecule has 0 radical (unpaired) electrons. The molecule has 0 spiro atoms. The van der Waals surface area contributed by atoms with Crippen molar-refractivity contribution in [1.82, 2.24) is 4.90 Å². The highest BCUT2D eigenvalue weighted by Crippen LogP contribution is 2.27. The van der Waals surface area contributed by atoms with Gasteiger partial charge in [0.05, 0.1) is 13.2 Å². The first-order valence-electron chi connectivity index (χ1n) is 8.10. The lowest BCUT2D eigenvalue weighted by atomic mass is 10.1. The predicted octanol–water partition coefficient (Wildman–Crippen LogP) is 2.90. The maximum Gasteiger partial charge on any atom is 0.414 e. The standard InChI is InChI=1S/C19H23NO6/c1-5-24-16(21)12-10-14-8-7-9-15(11-13-17(22)25-6-2)18(14)26-19(23)20(3)4/h7-13H,5-6H2,1-4H3/b12-10+,13-11+. The maximum absolute atomic E-state index is 12.0. The van der Waals surface area contributed by atoms with Gasteiger partial charge in [-0.25, -0.2) is 14.4 Å². The molecule has 0 heterocycles. The Balaban J connectivity index is 3.23. The van der Waals surface area contributed by atoms with Gasteiger partial charge in [-0.3, -0.25) is 0 Å². The fourth-order valence-electron chi connectivity index (χ4n) is 1.83. The summed E-state index contributed by atoms with van der Waals surface area (Å²) in [6.07, 6.45) is 4.86. The van der Waals surface area contributed by atoms with E-state index in [-0.39, 0.29) is 19.0 Å². The lowest BCUT2D eigenvalue weighted by Gasteiger charge is -2.14. The predicted molar refractivity (Wildman–Crippen MR) is 97.5 cm³/mol. The molecule has 0 aliphatic carbocycles. The lowest BCUT2D eigenvalue weighted by Crippen LogP contribution is -2.25. The number of carbonyl (C=O) groups is 3. The molecule has 0 unspecified atom stereocenters. The molecule has 1 aromatic rings. The molecule has 0 atom stereocenters. The molecule has 0 saturated heterocycles. The zero-order chi connectivity index (χ0) is 19.5. The fourth-order valence-corrected chi connectivity index (χ4v) is 1.83. The van der Waals surface area contributed by atoms with Crippen LogP contribution in [0.25, 0.3) is 12.2 Å². The summed E-state index contributed by atoms with van der Waals surface area (Å²) in [5, 5.41) is 0. The van der Waals surface area contributed by atoms with Crippen molar-refractivity contribution >= 4 is 30.2 Å². The van der Waals surface area contributed by atoms with E-state index >= 15 is 0 Å². The Labute approximate surface area is 152 Å². The van der Waals surface area contributed by atoms with Gasteiger partial charge in [-0.2, -0.15) is 0 Å². The number of hydrogen-bond acceptors (Lipinski definition) is 6. The average molecular weight is 361 g/mol. The smallest absolute Gasteiger partial charge is 0.414 e. The molecule has 0 aromatic heterocycles. The van der Waals surface area contributed by atoms with E-state index in [0.717, 1.165) is 0 Å². The van der Waals surface area contributed by atoms with Crippen LogP contribution in [0.4, 0.5) is 4.79 Å². The van der Waals surface area contributed by atoms with E-state index in [1.54, 1.807) is 46.1 Å². The van der Waals surface area contributed by atoms with Gasteiger partial charge in [-0.1, -0.05) is 18.2 Å².